The van der Waals surface area contributed by atoms with Crippen molar-refractivity contribution in [1.29, 1.82) is 0 Å². The number of nitrogens with one attached hydrogen (secondary N) is 2. The number of anilines is 1. The van der Waals surface area contributed by atoms with Crippen LogP contribution in [-0.4, -0.2) is 18.4 Å². The number of carbonyl (C=O) groups is 2. The van der Waals surface area contributed by atoms with Crippen LogP contribution in [0.3, 0.4) is 0 Å². The monoisotopic (exact) mass is 296 g/mol. The van der Waals surface area contributed by atoms with Crippen LogP contribution in [0.15, 0.2) is 54.6 Å². The van der Waals surface area contributed by atoms with E-state index < -0.39 is 11.8 Å². The summed E-state index contributed by atoms with van der Waals surface area (Å²) in [6.07, 6.45) is 0. The summed E-state index contributed by atoms with van der Waals surface area (Å²) in [5.41, 5.74) is 2.70. The van der Waals surface area contributed by atoms with Gasteiger partial charge in [-0.25, -0.2) is 0 Å². The number of aryl methyl sites for hydroxylation is 1. The highest BCUT2D eigenvalue weighted by Gasteiger charge is 2.15. The van der Waals surface area contributed by atoms with Crippen molar-refractivity contribution in [2.75, 3.05) is 11.9 Å². The van der Waals surface area contributed by atoms with Crippen molar-refractivity contribution >= 4 is 17.5 Å². The Morgan fingerprint density at radius 3 is 2.27 bits per heavy atom. The average Bonchev–Trinajstić information content (AvgIpc) is 2.55. The van der Waals surface area contributed by atoms with Crippen LogP contribution in [-0.2, 0) is 9.59 Å². The number of carbonyl (C=O) groups excluding carboxylic acids is 2. The lowest BCUT2D eigenvalue weighted by atomic mass is 10.0. The highest BCUT2D eigenvalue weighted by Crippen LogP contribution is 2.14. The second-order valence-electron chi connectivity index (χ2n) is 5.29. The highest BCUT2D eigenvalue weighted by molar-refractivity contribution is 6.39. The maximum absolute atomic E-state index is 11.9. The van der Waals surface area contributed by atoms with Gasteiger partial charge in [0, 0.05) is 12.2 Å². The van der Waals surface area contributed by atoms with E-state index in [2.05, 4.69) is 10.6 Å². The topological polar surface area (TPSA) is 58.2 Å². The number of para-hydroxylation sites is 1. The number of hydrogen-bond acceptors (Lipinski definition) is 2. The van der Waals surface area contributed by atoms with E-state index in [9.17, 15) is 9.59 Å². The van der Waals surface area contributed by atoms with Crippen molar-refractivity contribution in [3.05, 3.63) is 65.7 Å². The zero-order chi connectivity index (χ0) is 15.9. The summed E-state index contributed by atoms with van der Waals surface area (Å²) in [7, 11) is 0. The molecule has 2 rings (SSSR count). The maximum atomic E-state index is 11.9. The molecule has 0 bridgehead atoms. The number of rotatable bonds is 4. The number of benzene rings is 2. The normalized spacial score (nSPS) is 11.5. The van der Waals surface area contributed by atoms with Gasteiger partial charge >= 0.3 is 11.8 Å². The maximum Gasteiger partial charge on any atom is 0.313 e. The predicted octanol–water partition coefficient (Wildman–Crippen LogP) is 2.85. The minimum Gasteiger partial charge on any atom is -0.347 e. The summed E-state index contributed by atoms with van der Waals surface area (Å²) >= 11 is 0. The first kappa shape index (κ1) is 15.8. The third kappa shape index (κ3) is 4.19. The van der Waals surface area contributed by atoms with Crippen LogP contribution in [0.5, 0.6) is 0 Å². The Morgan fingerprint density at radius 1 is 0.955 bits per heavy atom. The highest BCUT2D eigenvalue weighted by atomic mass is 16.2. The molecule has 1 atom stereocenters. The van der Waals surface area contributed by atoms with Gasteiger partial charge in [-0.3, -0.25) is 9.59 Å². The van der Waals surface area contributed by atoms with E-state index in [4.69, 9.17) is 0 Å². The van der Waals surface area contributed by atoms with Gasteiger partial charge in [-0.2, -0.15) is 0 Å². The second kappa shape index (κ2) is 7.41. The molecule has 2 aromatic rings. The third-order valence-corrected chi connectivity index (χ3v) is 3.54. The quantitative estimate of drug-likeness (QED) is 0.852. The van der Waals surface area contributed by atoms with Gasteiger partial charge in [0.15, 0.2) is 0 Å². The SMILES string of the molecule is Cc1ccccc1NC(=O)C(=O)NC[C@H](C)c1ccccc1. The fraction of sp³-hybridized carbons (Fsp3) is 0.222. The summed E-state index contributed by atoms with van der Waals surface area (Å²) in [5, 5.41) is 5.29. The Morgan fingerprint density at radius 2 is 1.59 bits per heavy atom. The molecule has 0 spiro atoms. The number of amides is 2. The molecular formula is C18H20N2O2. The first-order valence-electron chi connectivity index (χ1n) is 7.27. The van der Waals surface area contributed by atoms with Crippen LogP contribution in [0.25, 0.3) is 0 Å². The smallest absolute Gasteiger partial charge is 0.313 e. The second-order valence-corrected chi connectivity index (χ2v) is 5.29. The van der Waals surface area contributed by atoms with Crippen LogP contribution in [0.2, 0.25) is 0 Å². The van der Waals surface area contributed by atoms with E-state index in [0.29, 0.717) is 12.2 Å². The molecule has 0 aromatic heterocycles. The van der Waals surface area contributed by atoms with Gasteiger partial charge in [0.2, 0.25) is 0 Å². The fourth-order valence-electron chi connectivity index (χ4n) is 2.12. The van der Waals surface area contributed by atoms with E-state index in [1.807, 2.05) is 62.4 Å². The zero-order valence-electron chi connectivity index (χ0n) is 12.8. The molecule has 0 saturated heterocycles. The fourth-order valence-corrected chi connectivity index (χ4v) is 2.12. The summed E-state index contributed by atoms with van der Waals surface area (Å²) < 4.78 is 0. The van der Waals surface area contributed by atoms with Crippen LogP contribution >= 0.6 is 0 Å². The van der Waals surface area contributed by atoms with Crippen LogP contribution in [0, 0.1) is 6.92 Å². The molecule has 0 aliphatic carbocycles. The lowest BCUT2D eigenvalue weighted by molar-refractivity contribution is -0.136. The van der Waals surface area contributed by atoms with Gasteiger partial charge in [0.05, 0.1) is 0 Å². The van der Waals surface area contributed by atoms with Crippen molar-refractivity contribution < 1.29 is 9.59 Å². The molecular weight excluding hydrogens is 276 g/mol. The molecule has 0 saturated carbocycles. The van der Waals surface area contributed by atoms with Crippen LogP contribution < -0.4 is 10.6 Å². The van der Waals surface area contributed by atoms with E-state index in [1.54, 1.807) is 6.07 Å². The minimum atomic E-state index is -0.644. The molecule has 2 N–H and O–H groups in total. The van der Waals surface area contributed by atoms with Gasteiger partial charge in [0.1, 0.15) is 0 Å². The largest absolute Gasteiger partial charge is 0.347 e. The van der Waals surface area contributed by atoms with Crippen molar-refractivity contribution in [1.82, 2.24) is 5.32 Å². The summed E-state index contributed by atoms with van der Waals surface area (Å²) in [5.74, 6) is -1.11. The van der Waals surface area contributed by atoms with Gasteiger partial charge in [0.25, 0.3) is 0 Å². The van der Waals surface area contributed by atoms with Crippen molar-refractivity contribution in [3.63, 3.8) is 0 Å². The standard InChI is InChI=1S/C18H20N2O2/c1-13-8-6-7-11-16(13)20-18(22)17(21)19-12-14(2)15-9-4-3-5-10-15/h3-11,14H,12H2,1-2H3,(H,19,21)(H,20,22)/t14-/m0/s1. The Labute approximate surface area is 130 Å². The molecule has 2 amide bonds. The van der Waals surface area contributed by atoms with Crippen molar-refractivity contribution in [3.8, 4) is 0 Å². The Hall–Kier alpha value is -2.62. The molecule has 0 aliphatic rings. The average molecular weight is 296 g/mol. The predicted molar refractivity (Wildman–Crippen MR) is 87.7 cm³/mol. The molecule has 0 fully saturated rings. The van der Waals surface area contributed by atoms with Crippen molar-refractivity contribution in [2.45, 2.75) is 19.8 Å². The van der Waals surface area contributed by atoms with E-state index in [1.165, 1.54) is 0 Å². The van der Waals surface area contributed by atoms with E-state index in [0.717, 1.165) is 11.1 Å². The molecule has 0 heterocycles. The molecule has 4 heteroatoms. The van der Waals surface area contributed by atoms with E-state index >= 15 is 0 Å². The first-order valence-corrected chi connectivity index (χ1v) is 7.27. The molecule has 2 aromatic carbocycles. The number of hydrogen-bond donors (Lipinski definition) is 2. The Balaban J connectivity index is 1.87. The summed E-state index contributed by atoms with van der Waals surface area (Å²) in [6.45, 7) is 4.31. The van der Waals surface area contributed by atoms with Gasteiger partial charge < -0.3 is 10.6 Å². The van der Waals surface area contributed by atoms with Crippen LogP contribution in [0.1, 0.15) is 24.0 Å². The zero-order valence-corrected chi connectivity index (χ0v) is 12.8. The minimum absolute atomic E-state index is 0.149. The summed E-state index contributed by atoms with van der Waals surface area (Å²) in [4.78, 5) is 23.8. The molecule has 22 heavy (non-hydrogen) atoms. The van der Waals surface area contributed by atoms with Crippen LogP contribution in [0.4, 0.5) is 5.69 Å². The molecule has 0 aliphatic heterocycles. The van der Waals surface area contributed by atoms with Gasteiger partial charge in [-0.15, -0.1) is 0 Å². The summed E-state index contributed by atoms with van der Waals surface area (Å²) in [6, 6.07) is 17.2. The van der Waals surface area contributed by atoms with Crippen molar-refractivity contribution in [2.24, 2.45) is 0 Å². The molecule has 0 radical (unpaired) electrons. The third-order valence-electron chi connectivity index (χ3n) is 3.54. The molecule has 4 nitrogen and oxygen atoms in total. The molecule has 114 valence electrons. The Bertz CT molecular complexity index is 653. The Kier molecular flexibility index (Phi) is 5.31. The first-order chi connectivity index (χ1) is 10.6. The van der Waals surface area contributed by atoms with Gasteiger partial charge in [-0.05, 0) is 30.0 Å². The lowest BCUT2D eigenvalue weighted by Gasteiger charge is -2.13. The molecule has 0 unspecified atom stereocenters. The lowest BCUT2D eigenvalue weighted by Crippen LogP contribution is -2.37. The van der Waals surface area contributed by atoms with E-state index in [-0.39, 0.29) is 5.92 Å². The van der Waals surface area contributed by atoms with Gasteiger partial charge in [-0.1, -0.05) is 55.5 Å².